The number of hydrogen-bond acceptors (Lipinski definition) is 6. The predicted octanol–water partition coefficient (Wildman–Crippen LogP) is 3.75. The molecule has 6 heteroatoms. The number of carbonyl (C=O) groups excluding carboxylic acids is 1. The normalized spacial score (nSPS) is 11.4. The second kappa shape index (κ2) is 8.28. The van der Waals surface area contributed by atoms with Crippen LogP contribution in [0.2, 0.25) is 0 Å². The van der Waals surface area contributed by atoms with Gasteiger partial charge >= 0.3 is 11.6 Å². The van der Waals surface area contributed by atoms with E-state index in [0.29, 0.717) is 29.3 Å². The third kappa shape index (κ3) is 4.79. The van der Waals surface area contributed by atoms with Gasteiger partial charge in [-0.05, 0) is 44.5 Å². The molecule has 0 aliphatic rings. The van der Waals surface area contributed by atoms with Crippen molar-refractivity contribution in [3.8, 4) is 5.75 Å². The maximum atomic E-state index is 11.9. The minimum atomic E-state index is -0.644. The number of benzene rings is 1. The summed E-state index contributed by atoms with van der Waals surface area (Å²) < 4.78 is 10.1. The molecule has 2 rings (SSSR count). The number of aliphatic imine (C=N–C) groups is 1. The van der Waals surface area contributed by atoms with Crippen molar-refractivity contribution >= 4 is 17.4 Å². The molecule has 0 radical (unpaired) electrons. The summed E-state index contributed by atoms with van der Waals surface area (Å²) in [6, 6.07) is 7.88. The lowest BCUT2D eigenvalue weighted by Crippen LogP contribution is -2.12. The lowest BCUT2D eigenvalue weighted by molar-refractivity contribution is 0.0500. The molecular formula is C19H21NO5. The first-order chi connectivity index (χ1) is 11.9. The van der Waals surface area contributed by atoms with E-state index in [9.17, 15) is 14.7 Å². The summed E-state index contributed by atoms with van der Waals surface area (Å²) in [5.74, 6) is -0.228. The Balaban J connectivity index is 2.19. The Morgan fingerprint density at radius 1 is 1.28 bits per heavy atom. The standard InChI is InChI=1S/C19H21NO5/c1-4-5-10-24-18(22)14-6-8-15(9-7-14)20-13(3)17-16(21)11-12(2)25-19(17)23/h6-9,11,21H,4-5,10H2,1-3H3. The fourth-order valence-corrected chi connectivity index (χ4v) is 2.24. The van der Waals surface area contributed by atoms with Crippen LogP contribution in [0.1, 0.15) is 48.4 Å². The molecule has 0 unspecified atom stereocenters. The van der Waals surface area contributed by atoms with Crippen LogP contribution in [0.25, 0.3) is 0 Å². The number of carbonyl (C=O) groups is 1. The lowest BCUT2D eigenvalue weighted by atomic mass is 10.1. The van der Waals surface area contributed by atoms with Crippen LogP contribution in [0.3, 0.4) is 0 Å². The van der Waals surface area contributed by atoms with Crippen molar-refractivity contribution in [1.82, 2.24) is 0 Å². The molecule has 2 aromatic rings. The van der Waals surface area contributed by atoms with Gasteiger partial charge in [0.05, 0.1) is 23.6 Å². The van der Waals surface area contributed by atoms with Gasteiger partial charge in [0, 0.05) is 6.07 Å². The van der Waals surface area contributed by atoms with Gasteiger partial charge in [-0.2, -0.15) is 0 Å². The number of aromatic hydroxyl groups is 1. The Kier molecular flexibility index (Phi) is 6.11. The Morgan fingerprint density at radius 2 is 1.96 bits per heavy atom. The average Bonchev–Trinajstić information content (AvgIpc) is 2.54. The van der Waals surface area contributed by atoms with Crippen LogP contribution in [0.5, 0.6) is 5.75 Å². The first kappa shape index (κ1) is 18.4. The summed E-state index contributed by atoms with van der Waals surface area (Å²) >= 11 is 0. The van der Waals surface area contributed by atoms with Gasteiger partial charge in [0.2, 0.25) is 0 Å². The predicted molar refractivity (Wildman–Crippen MR) is 94.9 cm³/mol. The largest absolute Gasteiger partial charge is 0.507 e. The van der Waals surface area contributed by atoms with Crippen molar-refractivity contribution < 1.29 is 19.1 Å². The van der Waals surface area contributed by atoms with Crippen LogP contribution in [0.15, 0.2) is 44.5 Å². The van der Waals surface area contributed by atoms with Crippen LogP contribution in [0.4, 0.5) is 5.69 Å². The topological polar surface area (TPSA) is 89.1 Å². The minimum Gasteiger partial charge on any atom is -0.507 e. The third-order valence-corrected chi connectivity index (χ3v) is 3.55. The van der Waals surface area contributed by atoms with Crippen molar-refractivity contribution in [2.24, 2.45) is 4.99 Å². The molecule has 0 aliphatic carbocycles. The van der Waals surface area contributed by atoms with E-state index in [1.807, 2.05) is 6.92 Å². The maximum absolute atomic E-state index is 11.9. The molecule has 25 heavy (non-hydrogen) atoms. The number of rotatable bonds is 6. The molecule has 0 spiro atoms. The Hall–Kier alpha value is -2.89. The molecule has 132 valence electrons. The number of unbranched alkanes of at least 4 members (excludes halogenated alkanes) is 1. The van der Waals surface area contributed by atoms with Gasteiger partial charge in [-0.1, -0.05) is 13.3 Å². The Bertz CT molecular complexity index is 834. The van der Waals surface area contributed by atoms with Gasteiger partial charge in [-0.15, -0.1) is 0 Å². The molecule has 0 bridgehead atoms. The number of ether oxygens (including phenoxy) is 1. The zero-order chi connectivity index (χ0) is 18.4. The third-order valence-electron chi connectivity index (χ3n) is 3.55. The van der Waals surface area contributed by atoms with Crippen molar-refractivity contribution in [3.63, 3.8) is 0 Å². The highest BCUT2D eigenvalue weighted by molar-refractivity contribution is 6.02. The molecule has 0 amide bonds. The maximum Gasteiger partial charge on any atom is 0.348 e. The van der Waals surface area contributed by atoms with Crippen LogP contribution < -0.4 is 5.63 Å². The first-order valence-electron chi connectivity index (χ1n) is 8.09. The molecule has 1 heterocycles. The smallest absolute Gasteiger partial charge is 0.348 e. The van der Waals surface area contributed by atoms with E-state index in [0.717, 1.165) is 12.8 Å². The van der Waals surface area contributed by atoms with Gasteiger partial charge < -0.3 is 14.3 Å². The number of aryl methyl sites for hydroxylation is 1. The average molecular weight is 343 g/mol. The summed E-state index contributed by atoms with van der Waals surface area (Å²) in [6.07, 6.45) is 1.79. The minimum absolute atomic E-state index is 0.0219. The molecule has 0 saturated heterocycles. The van der Waals surface area contributed by atoms with E-state index >= 15 is 0 Å². The van der Waals surface area contributed by atoms with Gasteiger partial charge in [0.25, 0.3) is 0 Å². The van der Waals surface area contributed by atoms with Crippen molar-refractivity contribution in [2.45, 2.75) is 33.6 Å². The number of hydrogen-bond donors (Lipinski definition) is 1. The zero-order valence-corrected chi connectivity index (χ0v) is 14.5. The van der Waals surface area contributed by atoms with E-state index in [4.69, 9.17) is 9.15 Å². The zero-order valence-electron chi connectivity index (χ0n) is 14.5. The SMILES string of the molecule is CCCCOC(=O)c1ccc(N=C(C)c2c(O)cc(C)oc2=O)cc1. The highest BCUT2D eigenvalue weighted by Crippen LogP contribution is 2.19. The first-order valence-corrected chi connectivity index (χ1v) is 8.09. The van der Waals surface area contributed by atoms with Crippen molar-refractivity contribution in [1.29, 1.82) is 0 Å². The second-order valence-electron chi connectivity index (χ2n) is 5.64. The highest BCUT2D eigenvalue weighted by atomic mass is 16.5. The Labute approximate surface area is 145 Å². The molecule has 1 N–H and O–H groups in total. The van der Waals surface area contributed by atoms with E-state index in [-0.39, 0.29) is 17.3 Å². The molecule has 0 atom stereocenters. The van der Waals surface area contributed by atoms with Gasteiger partial charge in [0.15, 0.2) is 0 Å². The van der Waals surface area contributed by atoms with E-state index in [2.05, 4.69) is 4.99 Å². The fourth-order valence-electron chi connectivity index (χ4n) is 2.24. The van der Waals surface area contributed by atoms with E-state index < -0.39 is 5.63 Å². The summed E-state index contributed by atoms with van der Waals surface area (Å²) in [4.78, 5) is 28.0. The summed E-state index contributed by atoms with van der Waals surface area (Å²) in [5, 5.41) is 9.94. The molecule has 1 aromatic carbocycles. The molecule has 1 aromatic heterocycles. The second-order valence-corrected chi connectivity index (χ2v) is 5.64. The van der Waals surface area contributed by atoms with Crippen LogP contribution in [-0.4, -0.2) is 23.4 Å². The van der Waals surface area contributed by atoms with E-state index in [1.165, 1.54) is 6.07 Å². The Morgan fingerprint density at radius 3 is 2.56 bits per heavy atom. The van der Waals surface area contributed by atoms with Crippen LogP contribution in [0, 0.1) is 6.92 Å². The monoisotopic (exact) mass is 343 g/mol. The lowest BCUT2D eigenvalue weighted by Gasteiger charge is -2.05. The number of esters is 1. The van der Waals surface area contributed by atoms with Crippen molar-refractivity contribution in [2.75, 3.05) is 6.61 Å². The van der Waals surface area contributed by atoms with Gasteiger partial charge in [-0.3, -0.25) is 4.99 Å². The molecular weight excluding hydrogens is 322 g/mol. The summed E-state index contributed by atoms with van der Waals surface area (Å²) in [5.41, 5.74) is 0.681. The van der Waals surface area contributed by atoms with E-state index in [1.54, 1.807) is 38.1 Å². The van der Waals surface area contributed by atoms with Gasteiger partial charge in [0.1, 0.15) is 17.1 Å². The molecule has 0 aliphatic heterocycles. The highest BCUT2D eigenvalue weighted by Gasteiger charge is 2.13. The fraction of sp³-hybridized carbons (Fsp3) is 0.316. The summed E-state index contributed by atoms with van der Waals surface area (Å²) in [7, 11) is 0. The number of nitrogens with zero attached hydrogens (tertiary/aromatic N) is 1. The van der Waals surface area contributed by atoms with Crippen LogP contribution >= 0.6 is 0 Å². The van der Waals surface area contributed by atoms with Crippen LogP contribution in [-0.2, 0) is 4.74 Å². The quantitative estimate of drug-likeness (QED) is 0.490. The molecule has 0 fully saturated rings. The molecule has 0 saturated carbocycles. The van der Waals surface area contributed by atoms with Crippen molar-refractivity contribution in [3.05, 3.63) is 57.6 Å². The molecule has 6 nitrogen and oxygen atoms in total. The summed E-state index contributed by atoms with van der Waals surface area (Å²) in [6.45, 7) is 5.61. The van der Waals surface area contributed by atoms with Gasteiger partial charge in [-0.25, -0.2) is 9.59 Å².